The first-order valence-corrected chi connectivity index (χ1v) is 12.0. The lowest BCUT2D eigenvalue weighted by atomic mass is 10.1. The van der Waals surface area contributed by atoms with Crippen LogP contribution in [0.5, 0.6) is 0 Å². The fraction of sp³-hybridized carbons (Fsp3) is 0.333. The molecule has 0 aliphatic carbocycles. The molecular weight excluding hydrogens is 440 g/mol. The van der Waals surface area contributed by atoms with Crippen molar-refractivity contribution in [1.29, 1.82) is 0 Å². The zero-order chi connectivity index (χ0) is 24.4. The molecule has 2 aliphatic heterocycles. The molecule has 0 saturated carbocycles. The number of benzene rings is 2. The topological polar surface area (TPSA) is 81.7 Å². The van der Waals surface area contributed by atoms with E-state index in [9.17, 15) is 9.59 Å². The Bertz CT molecular complexity index is 1210. The Hall–Kier alpha value is -3.94. The highest BCUT2D eigenvalue weighted by atomic mass is 16.2. The molecule has 0 bridgehead atoms. The first-order valence-electron chi connectivity index (χ1n) is 12.0. The fourth-order valence-electron chi connectivity index (χ4n) is 4.68. The maximum Gasteiger partial charge on any atom is 0.229 e. The van der Waals surface area contributed by atoms with Crippen LogP contribution in [0.2, 0.25) is 0 Å². The third-order valence-electron chi connectivity index (χ3n) is 6.61. The average Bonchev–Trinajstić information content (AvgIpc) is 3.27. The average molecular weight is 471 g/mol. The maximum absolute atomic E-state index is 13.2. The van der Waals surface area contributed by atoms with Gasteiger partial charge in [0.05, 0.1) is 5.92 Å². The van der Waals surface area contributed by atoms with Crippen molar-refractivity contribution in [3.05, 3.63) is 71.9 Å². The highest BCUT2D eigenvalue weighted by molar-refractivity contribution is 6.00. The van der Waals surface area contributed by atoms with E-state index >= 15 is 0 Å². The number of amides is 2. The summed E-state index contributed by atoms with van der Waals surface area (Å²) in [5.41, 5.74) is 3.88. The molecule has 1 unspecified atom stereocenters. The number of piperazine rings is 1. The van der Waals surface area contributed by atoms with E-state index in [4.69, 9.17) is 4.98 Å². The SMILES string of the molecule is Cc1ccc(Nc2nc(C)cc(N3CCN(C(=O)C4CC(=O)N(c5ccccc5)C4)CC3)n2)cc1. The monoisotopic (exact) mass is 470 g/mol. The lowest BCUT2D eigenvalue weighted by molar-refractivity contribution is -0.136. The number of nitrogens with zero attached hydrogens (tertiary/aromatic N) is 5. The second-order valence-electron chi connectivity index (χ2n) is 9.24. The Morgan fingerprint density at radius 1 is 0.943 bits per heavy atom. The summed E-state index contributed by atoms with van der Waals surface area (Å²) in [6.07, 6.45) is 0.271. The molecular formula is C27H30N6O2. The fourth-order valence-corrected chi connectivity index (χ4v) is 4.68. The number of para-hydroxylation sites is 1. The Labute approximate surface area is 205 Å². The van der Waals surface area contributed by atoms with Crippen molar-refractivity contribution in [2.24, 2.45) is 5.92 Å². The van der Waals surface area contributed by atoms with Crippen molar-refractivity contribution < 1.29 is 9.59 Å². The molecule has 2 aromatic carbocycles. The van der Waals surface area contributed by atoms with Crippen LogP contribution in [-0.2, 0) is 9.59 Å². The van der Waals surface area contributed by atoms with Gasteiger partial charge >= 0.3 is 0 Å². The zero-order valence-corrected chi connectivity index (χ0v) is 20.1. The van der Waals surface area contributed by atoms with Crippen molar-refractivity contribution in [2.45, 2.75) is 20.3 Å². The molecule has 8 heteroatoms. The standard InChI is InChI=1S/C27H30N6O2/c1-19-8-10-22(11-9-19)29-27-28-20(2)16-24(30-27)31-12-14-32(15-13-31)26(35)21-17-25(34)33(18-21)23-6-4-3-5-7-23/h3-11,16,21H,12-15,17-18H2,1-2H3,(H,28,29,30). The van der Waals surface area contributed by atoms with E-state index < -0.39 is 0 Å². The van der Waals surface area contributed by atoms with Crippen molar-refractivity contribution in [3.63, 3.8) is 0 Å². The number of aryl methyl sites for hydroxylation is 2. The van der Waals surface area contributed by atoms with Crippen LogP contribution in [0.3, 0.4) is 0 Å². The summed E-state index contributed by atoms with van der Waals surface area (Å²) in [6, 6.07) is 19.7. The van der Waals surface area contributed by atoms with Crippen LogP contribution in [0.1, 0.15) is 17.7 Å². The minimum atomic E-state index is -0.291. The Morgan fingerprint density at radius 3 is 2.37 bits per heavy atom. The molecule has 1 aromatic heterocycles. The van der Waals surface area contributed by atoms with Gasteiger partial charge in [0.2, 0.25) is 17.8 Å². The predicted octanol–water partition coefficient (Wildman–Crippen LogP) is 3.54. The van der Waals surface area contributed by atoms with Gasteiger partial charge in [-0.1, -0.05) is 35.9 Å². The summed E-state index contributed by atoms with van der Waals surface area (Å²) >= 11 is 0. The van der Waals surface area contributed by atoms with Gasteiger partial charge < -0.3 is 20.0 Å². The number of carbonyl (C=O) groups excluding carboxylic acids is 2. The molecule has 2 fully saturated rings. The van der Waals surface area contributed by atoms with E-state index in [0.29, 0.717) is 38.7 Å². The highest BCUT2D eigenvalue weighted by Crippen LogP contribution is 2.27. The first-order chi connectivity index (χ1) is 17.0. The quantitative estimate of drug-likeness (QED) is 0.614. The minimum Gasteiger partial charge on any atom is -0.353 e. The largest absolute Gasteiger partial charge is 0.353 e. The molecule has 180 valence electrons. The Morgan fingerprint density at radius 2 is 1.66 bits per heavy atom. The molecule has 35 heavy (non-hydrogen) atoms. The summed E-state index contributed by atoms with van der Waals surface area (Å²) in [5.74, 6) is 1.20. The van der Waals surface area contributed by atoms with Crippen molar-refractivity contribution in [3.8, 4) is 0 Å². The first kappa shape index (κ1) is 22.8. The second kappa shape index (κ2) is 9.74. The number of rotatable bonds is 5. The number of carbonyl (C=O) groups is 2. The van der Waals surface area contributed by atoms with Crippen LogP contribution in [0, 0.1) is 19.8 Å². The maximum atomic E-state index is 13.2. The van der Waals surface area contributed by atoms with E-state index in [1.807, 2.05) is 72.5 Å². The van der Waals surface area contributed by atoms with Gasteiger partial charge in [0.15, 0.2) is 0 Å². The number of aromatic nitrogens is 2. The molecule has 1 atom stereocenters. The number of anilines is 4. The van der Waals surface area contributed by atoms with Crippen LogP contribution in [0.25, 0.3) is 0 Å². The number of hydrogen-bond acceptors (Lipinski definition) is 6. The molecule has 3 aromatic rings. The molecule has 2 amide bonds. The van der Waals surface area contributed by atoms with Gasteiger partial charge in [-0.05, 0) is 38.1 Å². The van der Waals surface area contributed by atoms with Crippen LogP contribution in [0.4, 0.5) is 23.1 Å². The highest BCUT2D eigenvalue weighted by Gasteiger charge is 2.38. The molecule has 1 N–H and O–H groups in total. The van der Waals surface area contributed by atoms with Gasteiger partial charge in [-0.2, -0.15) is 4.98 Å². The Kier molecular flexibility index (Phi) is 6.35. The van der Waals surface area contributed by atoms with E-state index in [1.54, 1.807) is 4.90 Å². The van der Waals surface area contributed by atoms with Crippen LogP contribution < -0.4 is 15.1 Å². The molecule has 3 heterocycles. The van der Waals surface area contributed by atoms with E-state index in [-0.39, 0.29) is 24.2 Å². The summed E-state index contributed by atoms with van der Waals surface area (Å²) in [6.45, 7) is 7.06. The lowest BCUT2D eigenvalue weighted by Crippen LogP contribution is -2.51. The number of hydrogen-bond donors (Lipinski definition) is 1. The minimum absolute atomic E-state index is 0.0123. The predicted molar refractivity (Wildman–Crippen MR) is 137 cm³/mol. The van der Waals surface area contributed by atoms with E-state index in [1.165, 1.54) is 5.56 Å². The van der Waals surface area contributed by atoms with E-state index in [2.05, 4.69) is 22.1 Å². The molecule has 0 radical (unpaired) electrons. The third-order valence-corrected chi connectivity index (χ3v) is 6.61. The molecule has 5 rings (SSSR count). The lowest BCUT2D eigenvalue weighted by Gasteiger charge is -2.36. The van der Waals surface area contributed by atoms with Gasteiger partial charge in [-0.3, -0.25) is 9.59 Å². The van der Waals surface area contributed by atoms with E-state index in [0.717, 1.165) is 22.9 Å². The summed E-state index contributed by atoms with van der Waals surface area (Å²) in [4.78, 5) is 40.8. The van der Waals surface area contributed by atoms with Crippen molar-refractivity contribution >= 4 is 35.0 Å². The molecule has 2 aliphatic rings. The van der Waals surface area contributed by atoms with Gasteiger partial charge in [-0.25, -0.2) is 4.98 Å². The summed E-state index contributed by atoms with van der Waals surface area (Å²) in [7, 11) is 0. The molecule has 2 saturated heterocycles. The normalized spacial score (nSPS) is 18.2. The molecule has 0 spiro atoms. The Balaban J connectivity index is 1.20. The second-order valence-corrected chi connectivity index (χ2v) is 9.24. The van der Waals surface area contributed by atoms with Gasteiger partial charge in [0, 0.05) is 62.3 Å². The van der Waals surface area contributed by atoms with Crippen LogP contribution in [0.15, 0.2) is 60.7 Å². The van der Waals surface area contributed by atoms with Crippen molar-refractivity contribution in [1.82, 2.24) is 14.9 Å². The smallest absolute Gasteiger partial charge is 0.229 e. The van der Waals surface area contributed by atoms with Gasteiger partial charge in [0.1, 0.15) is 5.82 Å². The van der Waals surface area contributed by atoms with Crippen LogP contribution >= 0.6 is 0 Å². The van der Waals surface area contributed by atoms with Crippen molar-refractivity contribution in [2.75, 3.05) is 47.8 Å². The van der Waals surface area contributed by atoms with Crippen LogP contribution in [-0.4, -0.2) is 59.4 Å². The van der Waals surface area contributed by atoms with Gasteiger partial charge in [0.25, 0.3) is 0 Å². The number of nitrogens with one attached hydrogen (secondary N) is 1. The summed E-state index contributed by atoms with van der Waals surface area (Å²) < 4.78 is 0. The molecule has 8 nitrogen and oxygen atoms in total. The summed E-state index contributed by atoms with van der Waals surface area (Å²) in [5, 5.41) is 3.29. The third kappa shape index (κ3) is 5.11. The zero-order valence-electron chi connectivity index (χ0n) is 20.1. The van der Waals surface area contributed by atoms with Gasteiger partial charge in [-0.15, -0.1) is 0 Å².